The number of methoxy groups -OCH3 is 1. The van der Waals surface area contributed by atoms with Crippen molar-refractivity contribution < 1.29 is 33.4 Å². The summed E-state index contributed by atoms with van der Waals surface area (Å²) in [5.74, 6) is -1.82. The van der Waals surface area contributed by atoms with E-state index < -0.39 is 29.6 Å². The fraction of sp³-hybridized carbons (Fsp3) is 0.111. The Kier molecular flexibility index (Phi) is 5.13. The van der Waals surface area contributed by atoms with E-state index in [0.717, 1.165) is 0 Å². The number of imide groups is 1. The molecule has 1 fully saturated rings. The largest absolute Gasteiger partial charge is 0.480 e. The van der Waals surface area contributed by atoms with Gasteiger partial charge in [0.2, 0.25) is 0 Å². The van der Waals surface area contributed by atoms with E-state index in [9.17, 15) is 19.2 Å². The van der Waals surface area contributed by atoms with Crippen molar-refractivity contribution in [2.75, 3.05) is 13.7 Å². The number of hydrogen-bond acceptors (Lipinski definition) is 7. The van der Waals surface area contributed by atoms with Crippen LogP contribution in [0.1, 0.15) is 16.1 Å². The van der Waals surface area contributed by atoms with Gasteiger partial charge in [-0.25, -0.2) is 4.79 Å². The Morgan fingerprint density at radius 2 is 1.96 bits per heavy atom. The molecule has 1 aliphatic heterocycles. The fourth-order valence-corrected chi connectivity index (χ4v) is 3.28. The average molecular weight is 387 g/mol. The molecule has 2 aromatic rings. The Hall–Kier alpha value is -3.33. The van der Waals surface area contributed by atoms with Crippen molar-refractivity contribution in [2.24, 2.45) is 0 Å². The van der Waals surface area contributed by atoms with Gasteiger partial charge in [-0.3, -0.25) is 19.3 Å². The molecule has 9 heteroatoms. The third-order valence-electron chi connectivity index (χ3n) is 3.66. The van der Waals surface area contributed by atoms with Crippen molar-refractivity contribution >= 4 is 40.9 Å². The van der Waals surface area contributed by atoms with Crippen LogP contribution in [0.2, 0.25) is 0 Å². The van der Waals surface area contributed by atoms with E-state index in [1.807, 2.05) is 0 Å². The van der Waals surface area contributed by atoms with E-state index in [0.29, 0.717) is 33.5 Å². The van der Waals surface area contributed by atoms with Gasteiger partial charge in [-0.1, -0.05) is 18.2 Å². The number of carbonyl (C=O) groups is 4. The Morgan fingerprint density at radius 1 is 1.22 bits per heavy atom. The summed E-state index contributed by atoms with van der Waals surface area (Å²) < 4.78 is 10.4. The number of carboxylic acid groups (broad SMARTS) is 1. The molecule has 0 bridgehead atoms. The van der Waals surface area contributed by atoms with Gasteiger partial charge in [-0.15, -0.1) is 0 Å². The van der Waals surface area contributed by atoms with E-state index in [4.69, 9.17) is 14.3 Å². The van der Waals surface area contributed by atoms with Crippen LogP contribution in [-0.2, 0) is 14.3 Å². The van der Waals surface area contributed by atoms with Crippen LogP contribution < -0.4 is 0 Å². The zero-order valence-corrected chi connectivity index (χ0v) is 14.8. The van der Waals surface area contributed by atoms with Gasteiger partial charge in [-0.05, 0) is 30.0 Å². The van der Waals surface area contributed by atoms with Crippen LogP contribution in [0.3, 0.4) is 0 Å². The quantitative estimate of drug-likeness (QED) is 0.615. The molecule has 1 aromatic carbocycles. The lowest BCUT2D eigenvalue weighted by atomic mass is 10.1. The molecule has 2 amide bonds. The molecule has 2 heterocycles. The second-order valence-electron chi connectivity index (χ2n) is 5.40. The first kappa shape index (κ1) is 18.5. The highest BCUT2D eigenvalue weighted by Gasteiger charge is 2.36. The topological polar surface area (TPSA) is 114 Å². The lowest BCUT2D eigenvalue weighted by Gasteiger charge is -2.07. The number of thioether (sulfide) groups is 1. The molecule has 1 N–H and O–H groups in total. The van der Waals surface area contributed by atoms with E-state index in [-0.39, 0.29) is 10.7 Å². The van der Waals surface area contributed by atoms with Crippen LogP contribution in [0.5, 0.6) is 0 Å². The number of furan rings is 1. The molecule has 8 nitrogen and oxygen atoms in total. The van der Waals surface area contributed by atoms with Gasteiger partial charge >= 0.3 is 11.9 Å². The number of carbonyl (C=O) groups excluding carboxylic acids is 3. The maximum atomic E-state index is 12.2. The Bertz CT molecular complexity index is 976. The second kappa shape index (κ2) is 7.50. The zero-order valence-electron chi connectivity index (χ0n) is 14.0. The van der Waals surface area contributed by atoms with Gasteiger partial charge in [0.25, 0.3) is 11.1 Å². The lowest BCUT2D eigenvalue weighted by molar-refractivity contribution is -0.140. The van der Waals surface area contributed by atoms with Crippen LogP contribution in [0, 0.1) is 0 Å². The van der Waals surface area contributed by atoms with Gasteiger partial charge in [-0.2, -0.15) is 0 Å². The maximum Gasteiger partial charge on any atom is 0.338 e. The average Bonchev–Trinajstić information content (AvgIpc) is 3.21. The smallest absolute Gasteiger partial charge is 0.338 e. The monoisotopic (exact) mass is 387 g/mol. The van der Waals surface area contributed by atoms with Crippen LogP contribution in [0.15, 0.2) is 45.7 Å². The van der Waals surface area contributed by atoms with Crippen LogP contribution in [-0.4, -0.2) is 46.7 Å². The molecule has 0 spiro atoms. The molecule has 1 saturated heterocycles. The number of carboxylic acids is 1. The summed E-state index contributed by atoms with van der Waals surface area (Å²) in [5, 5.41) is 8.12. The molecule has 1 aromatic heterocycles. The summed E-state index contributed by atoms with van der Waals surface area (Å²) in [7, 11) is 1.28. The van der Waals surface area contributed by atoms with Crippen molar-refractivity contribution in [1.82, 2.24) is 4.90 Å². The van der Waals surface area contributed by atoms with Crippen molar-refractivity contribution in [3.8, 4) is 11.3 Å². The van der Waals surface area contributed by atoms with E-state index in [2.05, 4.69) is 0 Å². The van der Waals surface area contributed by atoms with Crippen molar-refractivity contribution in [3.63, 3.8) is 0 Å². The summed E-state index contributed by atoms with van der Waals surface area (Å²) in [6.07, 6.45) is 1.36. The first-order valence-electron chi connectivity index (χ1n) is 7.65. The fourth-order valence-electron chi connectivity index (χ4n) is 2.46. The molecule has 0 aliphatic carbocycles. The summed E-state index contributed by atoms with van der Waals surface area (Å²) in [6, 6.07) is 9.92. The molecule has 0 saturated carbocycles. The number of amides is 2. The van der Waals surface area contributed by atoms with Crippen molar-refractivity contribution in [3.05, 3.63) is 52.6 Å². The number of ether oxygens (including phenoxy) is 1. The van der Waals surface area contributed by atoms with E-state index in [1.54, 1.807) is 36.4 Å². The van der Waals surface area contributed by atoms with E-state index >= 15 is 0 Å². The first-order valence-corrected chi connectivity index (χ1v) is 8.47. The standard InChI is InChI=1S/C18H13NO7S/c1-25-17(23)12-5-3-2-4-11(12)13-7-6-10(26-13)8-14-16(22)19(9-15(20)21)18(24)27-14/h2-8H,9H2,1H3,(H,20,21)/b14-8+. The predicted octanol–water partition coefficient (Wildman–Crippen LogP) is 2.85. The number of aliphatic carboxylic acids is 1. The van der Waals surface area contributed by atoms with Crippen LogP contribution in [0.25, 0.3) is 17.4 Å². The number of esters is 1. The van der Waals surface area contributed by atoms with Gasteiger partial charge in [0.1, 0.15) is 18.1 Å². The molecule has 0 radical (unpaired) electrons. The molecule has 138 valence electrons. The molecular weight excluding hydrogens is 374 g/mol. The SMILES string of the molecule is COC(=O)c1ccccc1-c1ccc(/C=C2/SC(=O)N(CC(=O)O)C2=O)o1. The van der Waals surface area contributed by atoms with Gasteiger partial charge < -0.3 is 14.3 Å². The molecular formula is C18H13NO7S. The molecule has 0 unspecified atom stereocenters. The molecule has 3 rings (SSSR count). The number of rotatable bonds is 5. The second-order valence-corrected chi connectivity index (χ2v) is 6.39. The highest BCUT2D eigenvalue weighted by atomic mass is 32.2. The zero-order chi connectivity index (χ0) is 19.6. The third-order valence-corrected chi connectivity index (χ3v) is 4.57. The minimum absolute atomic E-state index is 0.0587. The Balaban J connectivity index is 1.89. The summed E-state index contributed by atoms with van der Waals surface area (Å²) in [5.41, 5.74) is 0.839. The maximum absolute atomic E-state index is 12.2. The number of benzene rings is 1. The van der Waals surface area contributed by atoms with Gasteiger partial charge in [0.15, 0.2) is 0 Å². The first-order chi connectivity index (χ1) is 12.9. The van der Waals surface area contributed by atoms with Gasteiger partial charge in [0, 0.05) is 11.6 Å². The summed E-state index contributed by atoms with van der Waals surface area (Å²) in [6.45, 7) is -0.697. The summed E-state index contributed by atoms with van der Waals surface area (Å²) >= 11 is 0.636. The van der Waals surface area contributed by atoms with Crippen LogP contribution in [0.4, 0.5) is 4.79 Å². The van der Waals surface area contributed by atoms with E-state index in [1.165, 1.54) is 13.2 Å². The highest BCUT2D eigenvalue weighted by molar-refractivity contribution is 8.18. The Labute approximate surface area is 157 Å². The predicted molar refractivity (Wildman–Crippen MR) is 95.8 cm³/mol. The van der Waals surface area contributed by atoms with Crippen LogP contribution >= 0.6 is 11.8 Å². The molecule has 0 atom stereocenters. The van der Waals surface area contributed by atoms with Gasteiger partial charge in [0.05, 0.1) is 17.6 Å². The molecule has 1 aliphatic rings. The third kappa shape index (κ3) is 3.77. The number of nitrogens with zero attached hydrogens (tertiary/aromatic N) is 1. The lowest BCUT2D eigenvalue weighted by Crippen LogP contribution is -2.33. The number of hydrogen-bond donors (Lipinski definition) is 1. The minimum atomic E-state index is -1.28. The summed E-state index contributed by atoms with van der Waals surface area (Å²) in [4.78, 5) is 47.3. The van der Waals surface area contributed by atoms with Crippen molar-refractivity contribution in [1.29, 1.82) is 0 Å². The van der Waals surface area contributed by atoms with Crippen molar-refractivity contribution in [2.45, 2.75) is 0 Å². The Morgan fingerprint density at radius 3 is 2.67 bits per heavy atom. The molecule has 27 heavy (non-hydrogen) atoms. The minimum Gasteiger partial charge on any atom is -0.480 e. The highest BCUT2D eigenvalue weighted by Crippen LogP contribution is 2.33. The normalized spacial score (nSPS) is 15.4.